The predicted octanol–water partition coefficient (Wildman–Crippen LogP) is 5.63. The lowest BCUT2D eigenvalue weighted by Gasteiger charge is -2.14. The maximum absolute atomic E-state index is 12.9. The Labute approximate surface area is 222 Å². The molecule has 2 aliphatic rings. The van der Waals surface area contributed by atoms with Crippen LogP contribution in [0.25, 0.3) is 6.08 Å². The highest BCUT2D eigenvalue weighted by Gasteiger charge is 2.35. The number of carbonyl (C=O) groups is 3. The van der Waals surface area contributed by atoms with Gasteiger partial charge in [0.05, 0.1) is 11.4 Å². The van der Waals surface area contributed by atoms with Crippen LogP contribution in [0.5, 0.6) is 17.2 Å². The van der Waals surface area contributed by atoms with E-state index in [0.717, 1.165) is 22.2 Å². The third-order valence-corrected chi connectivity index (χ3v) is 6.85. The van der Waals surface area contributed by atoms with E-state index in [9.17, 15) is 14.4 Å². The first-order valence-electron chi connectivity index (χ1n) is 11.3. The summed E-state index contributed by atoms with van der Waals surface area (Å²) >= 11 is 7.17. The molecule has 3 aromatic carbocycles. The van der Waals surface area contributed by atoms with Crippen LogP contribution in [0.2, 0.25) is 5.02 Å². The lowest BCUT2D eigenvalue weighted by atomic mass is 10.1. The lowest BCUT2D eigenvalue weighted by Crippen LogP contribution is -2.27. The molecule has 1 fully saturated rings. The molecule has 1 saturated heterocycles. The van der Waals surface area contributed by atoms with Crippen molar-refractivity contribution >= 4 is 52.2 Å². The molecule has 0 saturated carbocycles. The number of imide groups is 1. The zero-order valence-electron chi connectivity index (χ0n) is 19.7. The Hall–Kier alpha value is -3.95. The van der Waals surface area contributed by atoms with Crippen molar-refractivity contribution in [1.82, 2.24) is 4.90 Å². The van der Waals surface area contributed by atoms with Crippen molar-refractivity contribution < 1.29 is 28.6 Å². The van der Waals surface area contributed by atoms with Gasteiger partial charge in [0.1, 0.15) is 5.75 Å². The first kappa shape index (κ1) is 24.7. The van der Waals surface area contributed by atoms with Crippen molar-refractivity contribution in [1.29, 1.82) is 0 Å². The second-order valence-electron chi connectivity index (χ2n) is 8.34. The third kappa shape index (κ3) is 5.73. The molecule has 2 aliphatic heterocycles. The number of thioether (sulfide) groups is 1. The van der Waals surface area contributed by atoms with E-state index in [2.05, 4.69) is 5.32 Å². The number of fused-ring (bicyclic) bond motifs is 1. The molecule has 0 unspecified atom stereocenters. The molecule has 2 heterocycles. The number of carbonyl (C=O) groups excluding carboxylic acids is 3. The number of ether oxygens (including phenoxy) is 3. The van der Waals surface area contributed by atoms with Gasteiger partial charge in [-0.2, -0.15) is 0 Å². The lowest BCUT2D eigenvalue weighted by molar-refractivity contribution is -0.123. The SMILES string of the molecule is Cc1cccc(NC(=O)COc2ccc(/C=C3/SC(=O)N(Cc4cc5c(cc4Cl)OCO5)C3=O)cc2)c1. The minimum atomic E-state index is -0.406. The Morgan fingerprint density at radius 2 is 1.86 bits per heavy atom. The highest BCUT2D eigenvalue weighted by atomic mass is 35.5. The van der Waals surface area contributed by atoms with Crippen molar-refractivity contribution in [3.8, 4) is 17.2 Å². The van der Waals surface area contributed by atoms with Crippen LogP contribution in [0.4, 0.5) is 10.5 Å². The second-order valence-corrected chi connectivity index (χ2v) is 9.74. The van der Waals surface area contributed by atoms with Crippen molar-refractivity contribution in [2.45, 2.75) is 13.5 Å². The molecule has 1 N–H and O–H groups in total. The Morgan fingerprint density at radius 1 is 1.11 bits per heavy atom. The van der Waals surface area contributed by atoms with E-state index in [0.29, 0.717) is 44.0 Å². The van der Waals surface area contributed by atoms with Gasteiger partial charge in [0.15, 0.2) is 18.1 Å². The van der Waals surface area contributed by atoms with Gasteiger partial charge < -0.3 is 19.5 Å². The molecule has 188 valence electrons. The van der Waals surface area contributed by atoms with E-state index in [-0.39, 0.29) is 31.1 Å². The Bertz CT molecular complexity index is 1420. The van der Waals surface area contributed by atoms with E-state index in [4.69, 9.17) is 25.8 Å². The average molecular weight is 537 g/mol. The largest absolute Gasteiger partial charge is 0.484 e. The highest BCUT2D eigenvalue weighted by Crippen LogP contribution is 2.39. The van der Waals surface area contributed by atoms with Crippen LogP contribution in [0, 0.1) is 6.92 Å². The molecule has 8 nitrogen and oxygen atoms in total. The van der Waals surface area contributed by atoms with Crippen molar-refractivity contribution in [2.24, 2.45) is 0 Å². The summed E-state index contributed by atoms with van der Waals surface area (Å²) in [6, 6.07) is 17.7. The molecule has 10 heteroatoms. The highest BCUT2D eigenvalue weighted by molar-refractivity contribution is 8.18. The minimum absolute atomic E-state index is 0.0227. The van der Waals surface area contributed by atoms with E-state index < -0.39 is 5.91 Å². The quantitative estimate of drug-likeness (QED) is 0.391. The second kappa shape index (κ2) is 10.6. The number of aryl methyl sites for hydroxylation is 1. The third-order valence-electron chi connectivity index (χ3n) is 5.59. The number of rotatable bonds is 7. The number of anilines is 1. The first-order valence-corrected chi connectivity index (χ1v) is 12.5. The van der Waals surface area contributed by atoms with Crippen LogP contribution in [0.3, 0.4) is 0 Å². The maximum atomic E-state index is 12.9. The van der Waals surface area contributed by atoms with Gasteiger partial charge in [-0.1, -0.05) is 35.9 Å². The van der Waals surface area contributed by atoms with E-state index in [1.807, 2.05) is 31.2 Å². The topological polar surface area (TPSA) is 94.2 Å². The molecule has 3 aromatic rings. The van der Waals surface area contributed by atoms with E-state index >= 15 is 0 Å². The average Bonchev–Trinajstić information content (AvgIpc) is 3.42. The predicted molar refractivity (Wildman–Crippen MR) is 141 cm³/mol. The van der Waals surface area contributed by atoms with E-state index in [1.54, 1.807) is 42.5 Å². The van der Waals surface area contributed by atoms with Crippen LogP contribution in [0.15, 0.2) is 65.6 Å². The van der Waals surface area contributed by atoms with Gasteiger partial charge in [-0.05, 0) is 71.8 Å². The van der Waals surface area contributed by atoms with Crippen molar-refractivity contribution in [3.63, 3.8) is 0 Å². The van der Waals surface area contributed by atoms with Gasteiger partial charge in [0.25, 0.3) is 17.1 Å². The molecule has 0 bridgehead atoms. The van der Waals surface area contributed by atoms with Crippen molar-refractivity contribution in [2.75, 3.05) is 18.7 Å². The summed E-state index contributed by atoms with van der Waals surface area (Å²) in [7, 11) is 0. The fourth-order valence-electron chi connectivity index (χ4n) is 3.77. The zero-order chi connectivity index (χ0) is 25.9. The molecular formula is C27H21ClN2O6S. The number of halogens is 1. The molecule has 0 spiro atoms. The minimum Gasteiger partial charge on any atom is -0.484 e. The van der Waals surface area contributed by atoms with Gasteiger partial charge in [-0.3, -0.25) is 19.3 Å². The summed E-state index contributed by atoms with van der Waals surface area (Å²) < 4.78 is 16.2. The van der Waals surface area contributed by atoms with Crippen LogP contribution < -0.4 is 19.5 Å². The summed E-state index contributed by atoms with van der Waals surface area (Å²) in [5.74, 6) is 0.879. The van der Waals surface area contributed by atoms with Crippen LogP contribution in [-0.2, 0) is 16.1 Å². The Morgan fingerprint density at radius 3 is 2.62 bits per heavy atom. The summed E-state index contributed by atoms with van der Waals surface area (Å²) in [5.41, 5.74) is 3.05. The number of hydrogen-bond donors (Lipinski definition) is 1. The smallest absolute Gasteiger partial charge is 0.293 e. The number of amides is 3. The van der Waals surface area contributed by atoms with Crippen LogP contribution in [0.1, 0.15) is 16.7 Å². The zero-order valence-corrected chi connectivity index (χ0v) is 21.2. The number of nitrogens with one attached hydrogen (secondary N) is 1. The number of nitrogens with zero attached hydrogens (tertiary/aromatic N) is 1. The maximum Gasteiger partial charge on any atom is 0.293 e. The van der Waals surface area contributed by atoms with Gasteiger partial charge in [0, 0.05) is 16.8 Å². The van der Waals surface area contributed by atoms with Crippen molar-refractivity contribution in [3.05, 3.63) is 87.3 Å². The molecule has 5 rings (SSSR count). The standard InChI is InChI=1S/C27H21ClN2O6S/c1-16-3-2-4-19(9-16)29-25(31)14-34-20-7-5-17(6-8-20)10-24-26(32)30(27(33)37-24)13-18-11-22-23(12-21(18)28)36-15-35-22/h2-12H,13-15H2,1H3,(H,29,31)/b24-10+. The summed E-state index contributed by atoms with van der Waals surface area (Å²) in [6.45, 7) is 1.93. The monoisotopic (exact) mass is 536 g/mol. The molecular weight excluding hydrogens is 516 g/mol. The summed E-state index contributed by atoms with van der Waals surface area (Å²) in [6.07, 6.45) is 1.64. The normalized spacial score (nSPS) is 15.4. The first-order chi connectivity index (χ1) is 17.9. The van der Waals surface area contributed by atoms with Crippen LogP contribution in [-0.4, -0.2) is 35.4 Å². The molecule has 0 aromatic heterocycles. The van der Waals surface area contributed by atoms with Gasteiger partial charge >= 0.3 is 0 Å². The summed E-state index contributed by atoms with van der Waals surface area (Å²) in [5, 5.41) is 2.79. The summed E-state index contributed by atoms with van der Waals surface area (Å²) in [4.78, 5) is 39.1. The fourth-order valence-corrected chi connectivity index (χ4v) is 4.82. The van der Waals surface area contributed by atoms with Crippen LogP contribution >= 0.6 is 23.4 Å². The molecule has 3 amide bonds. The van der Waals surface area contributed by atoms with Gasteiger partial charge in [0.2, 0.25) is 6.79 Å². The number of benzene rings is 3. The Balaban J connectivity index is 1.19. The molecule has 0 atom stereocenters. The molecule has 0 aliphatic carbocycles. The van der Waals surface area contributed by atoms with Gasteiger partial charge in [-0.25, -0.2) is 0 Å². The molecule has 0 radical (unpaired) electrons. The number of hydrogen-bond acceptors (Lipinski definition) is 7. The Kier molecular flexibility index (Phi) is 7.07. The van der Waals surface area contributed by atoms with E-state index in [1.165, 1.54) is 0 Å². The fraction of sp³-hybridized carbons (Fsp3) is 0.148. The van der Waals surface area contributed by atoms with Gasteiger partial charge in [-0.15, -0.1) is 0 Å². The molecule has 37 heavy (non-hydrogen) atoms.